The number of hydrogen-bond donors (Lipinski definition) is 2. The normalized spacial score (nSPS) is 18.7. The molecule has 3 N–H and O–H groups in total. The Morgan fingerprint density at radius 3 is 2.38 bits per heavy atom. The van der Waals surface area contributed by atoms with E-state index in [4.69, 9.17) is 5.73 Å². The Balaban J connectivity index is 2.05. The maximum absolute atomic E-state index is 13.0. The predicted octanol–water partition coefficient (Wildman–Crippen LogP) is 2.21. The minimum atomic E-state index is -0.731. The van der Waals surface area contributed by atoms with E-state index in [-0.39, 0.29) is 11.7 Å². The van der Waals surface area contributed by atoms with E-state index in [1.54, 1.807) is 12.1 Å². The molecular formula is C16H24FN3O. The lowest BCUT2D eigenvalue weighted by atomic mass is 9.86. The second-order valence-corrected chi connectivity index (χ2v) is 6.27. The van der Waals surface area contributed by atoms with Crippen LogP contribution in [0.2, 0.25) is 0 Å². The molecule has 1 fully saturated rings. The third kappa shape index (κ3) is 3.94. The maximum Gasteiger partial charge on any atom is 0.243 e. The fourth-order valence-electron chi connectivity index (χ4n) is 2.88. The number of hydrogen-bond acceptors (Lipinski definition) is 3. The van der Waals surface area contributed by atoms with Crippen LogP contribution in [0, 0.1) is 11.7 Å². The summed E-state index contributed by atoms with van der Waals surface area (Å²) in [7, 11) is 0. The molecule has 0 unspecified atom stereocenters. The van der Waals surface area contributed by atoms with E-state index in [2.05, 4.69) is 24.1 Å². The molecule has 21 heavy (non-hydrogen) atoms. The highest BCUT2D eigenvalue weighted by Gasteiger charge is 2.39. The number of benzene rings is 1. The summed E-state index contributed by atoms with van der Waals surface area (Å²) in [5.74, 6) is -0.0208. The Morgan fingerprint density at radius 2 is 1.90 bits per heavy atom. The largest absolute Gasteiger partial charge is 0.371 e. The molecule has 1 aliphatic heterocycles. The Labute approximate surface area is 125 Å². The number of primary amides is 1. The van der Waals surface area contributed by atoms with Crippen molar-refractivity contribution in [1.29, 1.82) is 0 Å². The van der Waals surface area contributed by atoms with Crippen molar-refractivity contribution in [2.75, 3.05) is 25.0 Å². The number of halogens is 1. The summed E-state index contributed by atoms with van der Waals surface area (Å²) >= 11 is 0. The molecule has 1 amide bonds. The number of nitrogens with one attached hydrogen (secondary N) is 1. The standard InChI is InChI=1S/C16H24FN3O/c1-12(2)11-20-9-7-16(8-10-20,15(18)21)19-14-5-3-13(17)4-6-14/h3-6,12,19H,7-11H2,1-2H3,(H2,18,21). The summed E-state index contributed by atoms with van der Waals surface area (Å²) in [4.78, 5) is 14.3. The fourth-order valence-corrected chi connectivity index (χ4v) is 2.88. The van der Waals surface area contributed by atoms with Crippen molar-refractivity contribution in [3.05, 3.63) is 30.1 Å². The van der Waals surface area contributed by atoms with Crippen molar-refractivity contribution in [1.82, 2.24) is 4.90 Å². The van der Waals surface area contributed by atoms with Gasteiger partial charge in [-0.1, -0.05) is 13.8 Å². The van der Waals surface area contributed by atoms with E-state index in [0.717, 1.165) is 25.3 Å². The smallest absolute Gasteiger partial charge is 0.243 e. The second-order valence-electron chi connectivity index (χ2n) is 6.27. The van der Waals surface area contributed by atoms with Crippen molar-refractivity contribution >= 4 is 11.6 Å². The van der Waals surface area contributed by atoms with Gasteiger partial charge in [-0.25, -0.2) is 4.39 Å². The number of piperidine rings is 1. The molecule has 4 nitrogen and oxygen atoms in total. The number of likely N-dealkylation sites (tertiary alicyclic amines) is 1. The molecule has 116 valence electrons. The number of nitrogens with two attached hydrogens (primary N) is 1. The molecule has 1 aliphatic rings. The summed E-state index contributed by atoms with van der Waals surface area (Å²) in [6.45, 7) is 7.09. The van der Waals surface area contributed by atoms with Crippen LogP contribution in [0.1, 0.15) is 26.7 Å². The topological polar surface area (TPSA) is 58.4 Å². The lowest BCUT2D eigenvalue weighted by molar-refractivity contribution is -0.123. The zero-order chi connectivity index (χ0) is 15.5. The first-order valence-corrected chi connectivity index (χ1v) is 7.47. The molecule has 1 saturated heterocycles. The number of nitrogens with zero attached hydrogens (tertiary/aromatic N) is 1. The Morgan fingerprint density at radius 1 is 1.33 bits per heavy atom. The molecular weight excluding hydrogens is 269 g/mol. The molecule has 1 aromatic carbocycles. The first-order valence-electron chi connectivity index (χ1n) is 7.47. The van der Waals surface area contributed by atoms with E-state index in [9.17, 15) is 9.18 Å². The molecule has 5 heteroatoms. The second kappa shape index (κ2) is 6.43. The van der Waals surface area contributed by atoms with E-state index in [1.807, 2.05) is 0 Å². The van der Waals surface area contributed by atoms with Crippen LogP contribution in [0.15, 0.2) is 24.3 Å². The van der Waals surface area contributed by atoms with Gasteiger partial charge < -0.3 is 16.0 Å². The highest BCUT2D eigenvalue weighted by atomic mass is 19.1. The summed E-state index contributed by atoms with van der Waals surface area (Å²) < 4.78 is 13.0. The van der Waals surface area contributed by atoms with Crippen LogP contribution in [0.5, 0.6) is 0 Å². The van der Waals surface area contributed by atoms with Crippen molar-refractivity contribution in [3.63, 3.8) is 0 Å². The SMILES string of the molecule is CC(C)CN1CCC(Nc2ccc(F)cc2)(C(N)=O)CC1. The van der Waals surface area contributed by atoms with Gasteiger partial charge in [0.25, 0.3) is 0 Å². The minimum absolute atomic E-state index is 0.291. The van der Waals surface area contributed by atoms with Crippen LogP contribution in [0.25, 0.3) is 0 Å². The van der Waals surface area contributed by atoms with Crippen molar-refractivity contribution in [2.24, 2.45) is 11.7 Å². The molecule has 0 aliphatic carbocycles. The maximum atomic E-state index is 13.0. The van der Waals surface area contributed by atoms with Crippen molar-refractivity contribution in [2.45, 2.75) is 32.2 Å². The number of carbonyl (C=O) groups is 1. The van der Waals surface area contributed by atoms with E-state index < -0.39 is 5.54 Å². The Kier molecular flexibility index (Phi) is 4.83. The molecule has 0 spiro atoms. The average Bonchev–Trinajstić information content (AvgIpc) is 2.43. The van der Waals surface area contributed by atoms with Gasteiger partial charge in [0.15, 0.2) is 0 Å². The first-order chi connectivity index (χ1) is 9.91. The Hall–Kier alpha value is -1.62. The summed E-state index contributed by atoms with van der Waals surface area (Å²) in [6, 6.07) is 6.04. The number of anilines is 1. The van der Waals surface area contributed by atoms with Crippen LogP contribution < -0.4 is 11.1 Å². The minimum Gasteiger partial charge on any atom is -0.371 e. The Bertz CT molecular complexity index is 479. The van der Waals surface area contributed by atoms with Crippen LogP contribution in [-0.2, 0) is 4.79 Å². The fraction of sp³-hybridized carbons (Fsp3) is 0.562. The highest BCUT2D eigenvalue weighted by Crippen LogP contribution is 2.27. The van der Waals surface area contributed by atoms with Gasteiger partial charge in [-0.15, -0.1) is 0 Å². The third-order valence-electron chi connectivity index (χ3n) is 4.03. The van der Waals surface area contributed by atoms with Gasteiger partial charge in [-0.2, -0.15) is 0 Å². The zero-order valence-corrected chi connectivity index (χ0v) is 12.7. The molecule has 0 aromatic heterocycles. The van der Waals surface area contributed by atoms with Gasteiger partial charge in [-0.3, -0.25) is 4.79 Å². The molecule has 1 heterocycles. The molecule has 1 aromatic rings. The average molecular weight is 293 g/mol. The van der Waals surface area contributed by atoms with Gasteiger partial charge in [0.1, 0.15) is 11.4 Å². The predicted molar refractivity (Wildman–Crippen MR) is 82.5 cm³/mol. The number of carbonyl (C=O) groups excluding carboxylic acids is 1. The lowest BCUT2D eigenvalue weighted by Gasteiger charge is -2.41. The molecule has 0 saturated carbocycles. The zero-order valence-electron chi connectivity index (χ0n) is 12.7. The summed E-state index contributed by atoms with van der Waals surface area (Å²) in [5, 5.41) is 3.23. The van der Waals surface area contributed by atoms with Gasteiger partial charge in [0.2, 0.25) is 5.91 Å². The quantitative estimate of drug-likeness (QED) is 0.875. The monoisotopic (exact) mass is 293 g/mol. The van der Waals surface area contributed by atoms with E-state index in [0.29, 0.717) is 18.8 Å². The molecule has 0 bridgehead atoms. The van der Waals surface area contributed by atoms with Crippen molar-refractivity contribution < 1.29 is 9.18 Å². The molecule has 0 radical (unpaired) electrons. The number of rotatable bonds is 5. The highest BCUT2D eigenvalue weighted by molar-refractivity contribution is 5.88. The third-order valence-corrected chi connectivity index (χ3v) is 4.03. The van der Waals surface area contributed by atoms with Crippen LogP contribution in [0.4, 0.5) is 10.1 Å². The van der Waals surface area contributed by atoms with E-state index in [1.165, 1.54) is 12.1 Å². The molecule has 2 rings (SSSR count). The summed E-state index contributed by atoms with van der Waals surface area (Å²) in [5.41, 5.74) is 5.63. The molecule has 0 atom stereocenters. The van der Waals surface area contributed by atoms with Crippen LogP contribution >= 0.6 is 0 Å². The summed E-state index contributed by atoms with van der Waals surface area (Å²) in [6.07, 6.45) is 1.35. The van der Waals surface area contributed by atoms with Gasteiger partial charge >= 0.3 is 0 Å². The van der Waals surface area contributed by atoms with Gasteiger partial charge in [-0.05, 0) is 43.0 Å². The first kappa shape index (κ1) is 15.8. The van der Waals surface area contributed by atoms with Crippen molar-refractivity contribution in [3.8, 4) is 0 Å². The van der Waals surface area contributed by atoms with E-state index >= 15 is 0 Å². The van der Waals surface area contributed by atoms with Gasteiger partial charge in [0.05, 0.1) is 0 Å². The van der Waals surface area contributed by atoms with Crippen LogP contribution in [0.3, 0.4) is 0 Å². The lowest BCUT2D eigenvalue weighted by Crippen LogP contribution is -2.57. The van der Waals surface area contributed by atoms with Crippen LogP contribution in [-0.4, -0.2) is 36.0 Å². The number of amides is 1. The van der Waals surface area contributed by atoms with Gasteiger partial charge in [0, 0.05) is 25.3 Å².